The first-order valence-corrected chi connectivity index (χ1v) is 9.03. The van der Waals surface area contributed by atoms with Crippen LogP contribution in [0.25, 0.3) is 0 Å². The van der Waals surface area contributed by atoms with Crippen molar-refractivity contribution in [2.24, 2.45) is 0 Å². The molecule has 110 valence electrons. The van der Waals surface area contributed by atoms with Crippen LogP contribution in [0, 0.1) is 0 Å². The molecule has 1 heterocycles. The summed E-state index contributed by atoms with van der Waals surface area (Å²) in [5.41, 5.74) is 1.93. The third kappa shape index (κ3) is 3.16. The Labute approximate surface area is 127 Å². The minimum absolute atomic E-state index is 0.198. The average molecular weight is 361 g/mol. The lowest BCUT2D eigenvalue weighted by molar-refractivity contribution is 0.322. The summed E-state index contributed by atoms with van der Waals surface area (Å²) >= 11 is 3.47. The minimum Gasteiger partial charge on any atom is -0.492 e. The maximum atomic E-state index is 11.9. The molecule has 0 bridgehead atoms. The number of fused-ring (bicyclic) bond motifs is 1. The first-order chi connectivity index (χ1) is 9.56. The van der Waals surface area contributed by atoms with Crippen LogP contribution in [0.1, 0.15) is 24.0 Å². The zero-order chi connectivity index (χ0) is 14.2. The highest BCUT2D eigenvalue weighted by molar-refractivity contribution is 9.10. The minimum atomic E-state index is -3.17. The van der Waals surface area contributed by atoms with Gasteiger partial charge in [0.25, 0.3) is 0 Å². The van der Waals surface area contributed by atoms with Crippen LogP contribution < -0.4 is 14.8 Å². The summed E-state index contributed by atoms with van der Waals surface area (Å²) in [6.07, 6.45) is 1.54. The van der Waals surface area contributed by atoms with E-state index in [-0.39, 0.29) is 11.8 Å². The van der Waals surface area contributed by atoms with Crippen LogP contribution in [0.4, 0.5) is 0 Å². The van der Waals surface area contributed by atoms with Gasteiger partial charge in [-0.05, 0) is 25.0 Å². The fraction of sp³-hybridized carbons (Fsp3) is 0.538. The molecule has 0 amide bonds. The molecule has 1 saturated carbocycles. The van der Waals surface area contributed by atoms with Crippen molar-refractivity contribution in [2.75, 3.05) is 13.2 Å². The third-order valence-electron chi connectivity index (χ3n) is 3.48. The molecule has 2 N–H and O–H groups in total. The van der Waals surface area contributed by atoms with Gasteiger partial charge < -0.3 is 10.1 Å². The van der Waals surface area contributed by atoms with Gasteiger partial charge in [-0.3, -0.25) is 0 Å². The summed E-state index contributed by atoms with van der Waals surface area (Å²) in [6, 6.07) is 3.92. The topological polar surface area (TPSA) is 67.4 Å². The Morgan fingerprint density at radius 3 is 2.95 bits per heavy atom. The van der Waals surface area contributed by atoms with E-state index in [0.717, 1.165) is 47.3 Å². The van der Waals surface area contributed by atoms with Crippen molar-refractivity contribution in [3.05, 3.63) is 27.7 Å². The molecule has 1 aromatic rings. The number of ether oxygens (including phenoxy) is 1. The van der Waals surface area contributed by atoms with Crippen LogP contribution >= 0.6 is 15.9 Å². The first kappa shape index (κ1) is 14.3. The molecule has 1 fully saturated rings. The average Bonchev–Trinajstić information content (AvgIpc) is 3.22. The second kappa shape index (κ2) is 5.63. The van der Waals surface area contributed by atoms with Crippen molar-refractivity contribution < 1.29 is 13.2 Å². The Morgan fingerprint density at radius 2 is 2.20 bits per heavy atom. The highest BCUT2D eigenvalue weighted by atomic mass is 79.9. The molecule has 0 radical (unpaired) electrons. The van der Waals surface area contributed by atoms with Crippen molar-refractivity contribution in [1.29, 1.82) is 0 Å². The molecule has 5 nitrogen and oxygen atoms in total. The van der Waals surface area contributed by atoms with Crippen LogP contribution in [0.2, 0.25) is 0 Å². The summed E-state index contributed by atoms with van der Waals surface area (Å²) in [5.74, 6) is 0.802. The molecular weight excluding hydrogens is 344 g/mol. The molecule has 0 unspecified atom stereocenters. The summed E-state index contributed by atoms with van der Waals surface area (Å²) in [5, 5.41) is 3.08. The van der Waals surface area contributed by atoms with Crippen molar-refractivity contribution in [3.8, 4) is 5.75 Å². The van der Waals surface area contributed by atoms with E-state index in [2.05, 4.69) is 26.0 Å². The molecule has 0 saturated heterocycles. The Balaban J connectivity index is 1.83. The Kier molecular flexibility index (Phi) is 4.03. The Morgan fingerprint density at radius 1 is 1.40 bits per heavy atom. The molecule has 1 aliphatic carbocycles. The normalized spacial score (nSPS) is 19.1. The summed E-state index contributed by atoms with van der Waals surface area (Å²) in [7, 11) is -3.17. The quantitative estimate of drug-likeness (QED) is 0.853. The first-order valence-electron chi connectivity index (χ1n) is 6.69. The highest BCUT2D eigenvalue weighted by Gasteiger charge is 2.35. The van der Waals surface area contributed by atoms with E-state index in [0.29, 0.717) is 6.61 Å². The zero-order valence-electron chi connectivity index (χ0n) is 11.0. The predicted octanol–water partition coefficient (Wildman–Crippen LogP) is 1.51. The number of nitrogens with one attached hydrogen (secondary N) is 2. The third-order valence-corrected chi connectivity index (χ3v) is 5.83. The maximum Gasteiger partial charge on any atom is 0.214 e. The number of halogens is 1. The summed E-state index contributed by atoms with van der Waals surface area (Å²) < 4.78 is 33.2. The van der Waals surface area contributed by atoms with Crippen LogP contribution in [0.5, 0.6) is 5.75 Å². The van der Waals surface area contributed by atoms with Crippen molar-refractivity contribution in [3.63, 3.8) is 0 Å². The molecule has 0 aromatic heterocycles. The number of sulfonamides is 1. The number of hydrogen-bond acceptors (Lipinski definition) is 4. The largest absolute Gasteiger partial charge is 0.492 e. The van der Waals surface area contributed by atoms with E-state index < -0.39 is 10.0 Å². The van der Waals surface area contributed by atoms with E-state index in [1.165, 1.54) is 0 Å². The van der Waals surface area contributed by atoms with Gasteiger partial charge in [0.1, 0.15) is 12.4 Å². The number of benzene rings is 1. The maximum absolute atomic E-state index is 11.9. The van der Waals surface area contributed by atoms with Gasteiger partial charge in [0.15, 0.2) is 0 Å². The van der Waals surface area contributed by atoms with E-state index in [9.17, 15) is 8.42 Å². The molecule has 3 rings (SSSR count). The van der Waals surface area contributed by atoms with Gasteiger partial charge in [-0.15, -0.1) is 0 Å². The monoisotopic (exact) mass is 360 g/mol. The lowest BCUT2D eigenvalue weighted by Gasteiger charge is -2.14. The van der Waals surface area contributed by atoms with Gasteiger partial charge >= 0.3 is 0 Å². The number of hydrogen-bond donors (Lipinski definition) is 2. The summed E-state index contributed by atoms with van der Waals surface area (Å²) in [6.45, 7) is 2.40. The molecule has 0 spiro atoms. The highest BCUT2D eigenvalue weighted by Crippen LogP contribution is 2.31. The van der Waals surface area contributed by atoms with Crippen molar-refractivity contribution >= 4 is 26.0 Å². The van der Waals surface area contributed by atoms with Gasteiger partial charge in [-0.25, -0.2) is 13.1 Å². The second-order valence-electron chi connectivity index (χ2n) is 5.14. The molecule has 0 atom stereocenters. The lowest BCUT2D eigenvalue weighted by atomic mass is 10.1. The van der Waals surface area contributed by atoms with E-state index in [4.69, 9.17) is 4.74 Å². The van der Waals surface area contributed by atoms with Crippen LogP contribution in [-0.4, -0.2) is 26.8 Å². The van der Waals surface area contributed by atoms with Gasteiger partial charge in [-0.2, -0.15) is 0 Å². The zero-order valence-corrected chi connectivity index (χ0v) is 13.4. The van der Waals surface area contributed by atoms with Gasteiger partial charge in [0.2, 0.25) is 10.0 Å². The molecule has 1 aromatic carbocycles. The smallest absolute Gasteiger partial charge is 0.214 e. The van der Waals surface area contributed by atoms with Crippen LogP contribution in [0.15, 0.2) is 16.6 Å². The molecule has 20 heavy (non-hydrogen) atoms. The van der Waals surface area contributed by atoms with E-state index >= 15 is 0 Å². The lowest BCUT2D eigenvalue weighted by Crippen LogP contribution is -2.27. The van der Waals surface area contributed by atoms with Crippen molar-refractivity contribution in [1.82, 2.24) is 10.0 Å². The van der Waals surface area contributed by atoms with Gasteiger partial charge in [0.05, 0.1) is 5.25 Å². The van der Waals surface area contributed by atoms with Crippen LogP contribution in [-0.2, 0) is 23.1 Å². The fourth-order valence-corrected chi connectivity index (χ4v) is 4.18. The molecule has 2 aliphatic rings. The van der Waals surface area contributed by atoms with E-state index in [1.54, 1.807) is 0 Å². The van der Waals surface area contributed by atoms with E-state index in [1.807, 2.05) is 12.1 Å². The fourth-order valence-electron chi connectivity index (χ4n) is 2.28. The molecule has 7 heteroatoms. The summed E-state index contributed by atoms with van der Waals surface area (Å²) in [4.78, 5) is 0. The van der Waals surface area contributed by atoms with Crippen LogP contribution in [0.3, 0.4) is 0 Å². The Bertz CT molecular complexity index is 614. The predicted molar refractivity (Wildman–Crippen MR) is 80.1 cm³/mol. The van der Waals surface area contributed by atoms with Gasteiger partial charge in [-0.1, -0.05) is 15.9 Å². The second-order valence-corrected chi connectivity index (χ2v) is 8.10. The SMILES string of the molecule is O=S(=O)(NCc1cc(Br)cc2c1OCCNC2)C1CC1. The molecule has 1 aliphatic heterocycles. The Hall–Kier alpha value is -0.630. The standard InChI is InChI=1S/C13H17BrN2O3S/c14-11-5-9-7-15-3-4-19-13(9)10(6-11)8-16-20(17,18)12-1-2-12/h5-6,12,15-16H,1-4,7-8H2. The number of rotatable bonds is 4. The molecular formula is C13H17BrN2O3S. The van der Waals surface area contributed by atoms with Gasteiger partial charge in [0, 0.05) is 35.2 Å². The van der Waals surface area contributed by atoms with Crippen molar-refractivity contribution in [2.45, 2.75) is 31.2 Å².